The Kier molecular flexibility index (Phi) is 7.47. The SMILES string of the molecule is CC(NC(=O)CC1COCCN1)c1ccc(S(C)(=O)=O)cc1.Cl. The Labute approximate surface area is 143 Å². The Bertz CT molecular complexity index is 613. The van der Waals surface area contributed by atoms with Gasteiger partial charge in [-0.05, 0) is 24.6 Å². The predicted molar refractivity (Wildman–Crippen MR) is 90.6 cm³/mol. The molecule has 0 radical (unpaired) electrons. The summed E-state index contributed by atoms with van der Waals surface area (Å²) in [4.78, 5) is 12.3. The maximum absolute atomic E-state index is 12.0. The van der Waals surface area contributed by atoms with Crippen LogP contribution in [-0.2, 0) is 19.4 Å². The predicted octanol–water partition coefficient (Wildman–Crippen LogP) is 1.07. The van der Waals surface area contributed by atoms with Crippen LogP contribution >= 0.6 is 12.4 Å². The topological polar surface area (TPSA) is 84.5 Å². The molecule has 6 nitrogen and oxygen atoms in total. The third-order valence-electron chi connectivity index (χ3n) is 3.62. The first kappa shape index (κ1) is 19.9. The van der Waals surface area contributed by atoms with Crippen molar-refractivity contribution >= 4 is 28.2 Å². The van der Waals surface area contributed by atoms with E-state index in [0.29, 0.717) is 19.6 Å². The van der Waals surface area contributed by atoms with E-state index in [2.05, 4.69) is 10.6 Å². The summed E-state index contributed by atoms with van der Waals surface area (Å²) < 4.78 is 28.2. The van der Waals surface area contributed by atoms with Crippen molar-refractivity contribution in [1.82, 2.24) is 10.6 Å². The van der Waals surface area contributed by atoms with Gasteiger partial charge in [0.1, 0.15) is 0 Å². The quantitative estimate of drug-likeness (QED) is 0.818. The maximum atomic E-state index is 12.0. The molecule has 2 N–H and O–H groups in total. The van der Waals surface area contributed by atoms with E-state index in [9.17, 15) is 13.2 Å². The van der Waals surface area contributed by atoms with Crippen LogP contribution in [0.2, 0.25) is 0 Å². The number of carbonyl (C=O) groups excluding carboxylic acids is 1. The number of sulfone groups is 1. The number of carbonyl (C=O) groups is 1. The second-order valence-corrected chi connectivity index (χ2v) is 7.58. The zero-order valence-electron chi connectivity index (χ0n) is 13.2. The molecule has 1 saturated heterocycles. The van der Waals surface area contributed by atoms with E-state index in [1.807, 2.05) is 6.92 Å². The standard InChI is InChI=1S/C15H22N2O4S.ClH/c1-11(12-3-5-14(6-4-12)22(2,19)20)17-15(18)9-13-10-21-8-7-16-13;/h3-6,11,13,16H,7-10H2,1-2H3,(H,17,18);1H. The summed E-state index contributed by atoms with van der Waals surface area (Å²) in [7, 11) is -3.20. The number of hydrogen-bond donors (Lipinski definition) is 2. The molecule has 0 aromatic heterocycles. The van der Waals surface area contributed by atoms with Gasteiger partial charge in [-0.25, -0.2) is 8.42 Å². The van der Waals surface area contributed by atoms with Crippen LogP contribution in [0.15, 0.2) is 29.2 Å². The summed E-state index contributed by atoms with van der Waals surface area (Å²) >= 11 is 0. The average molecular weight is 363 g/mol. The maximum Gasteiger partial charge on any atom is 0.222 e. The van der Waals surface area contributed by atoms with Crippen LogP contribution < -0.4 is 10.6 Å². The lowest BCUT2D eigenvalue weighted by molar-refractivity contribution is -0.122. The van der Waals surface area contributed by atoms with Crippen molar-refractivity contribution in [3.8, 4) is 0 Å². The first-order chi connectivity index (χ1) is 10.4. The van der Waals surface area contributed by atoms with Crippen molar-refractivity contribution in [2.75, 3.05) is 26.0 Å². The fraction of sp³-hybridized carbons (Fsp3) is 0.533. The Balaban J connectivity index is 0.00000264. The van der Waals surface area contributed by atoms with Gasteiger partial charge in [0.15, 0.2) is 9.84 Å². The summed E-state index contributed by atoms with van der Waals surface area (Å²) in [5.74, 6) is -0.0531. The Morgan fingerprint density at radius 1 is 1.39 bits per heavy atom. The molecule has 130 valence electrons. The van der Waals surface area contributed by atoms with Gasteiger partial charge in [0.25, 0.3) is 0 Å². The number of rotatable bonds is 5. The summed E-state index contributed by atoms with van der Waals surface area (Å²) in [5, 5.41) is 6.15. The number of benzene rings is 1. The fourth-order valence-corrected chi connectivity index (χ4v) is 2.99. The van der Waals surface area contributed by atoms with Gasteiger partial charge < -0.3 is 15.4 Å². The van der Waals surface area contributed by atoms with Gasteiger partial charge in [0.05, 0.1) is 24.2 Å². The minimum atomic E-state index is -3.20. The van der Waals surface area contributed by atoms with Crippen LogP contribution in [0.4, 0.5) is 0 Å². The van der Waals surface area contributed by atoms with Crippen LogP contribution in [-0.4, -0.2) is 46.4 Å². The molecule has 2 rings (SSSR count). The molecule has 1 fully saturated rings. The van der Waals surface area contributed by atoms with E-state index in [-0.39, 0.29) is 35.3 Å². The molecule has 1 aromatic rings. The smallest absolute Gasteiger partial charge is 0.222 e. The van der Waals surface area contributed by atoms with Gasteiger partial charge in [0, 0.05) is 25.3 Å². The Morgan fingerprint density at radius 3 is 2.57 bits per heavy atom. The number of morpholine rings is 1. The Hall–Kier alpha value is -1.15. The highest BCUT2D eigenvalue weighted by molar-refractivity contribution is 7.90. The second kappa shape index (κ2) is 8.63. The highest BCUT2D eigenvalue weighted by Gasteiger charge is 2.18. The summed E-state index contributed by atoms with van der Waals surface area (Å²) in [5.41, 5.74) is 0.869. The van der Waals surface area contributed by atoms with Crippen LogP contribution in [0.1, 0.15) is 24.9 Å². The largest absolute Gasteiger partial charge is 0.378 e. The molecular formula is C15H23ClN2O4S. The van der Waals surface area contributed by atoms with Crippen LogP contribution in [0, 0.1) is 0 Å². The van der Waals surface area contributed by atoms with Crippen LogP contribution in [0.25, 0.3) is 0 Å². The highest BCUT2D eigenvalue weighted by atomic mass is 35.5. The molecule has 1 amide bonds. The van der Waals surface area contributed by atoms with Gasteiger partial charge >= 0.3 is 0 Å². The first-order valence-electron chi connectivity index (χ1n) is 7.27. The van der Waals surface area contributed by atoms with Gasteiger partial charge in [-0.1, -0.05) is 12.1 Å². The van der Waals surface area contributed by atoms with E-state index in [1.54, 1.807) is 24.3 Å². The van der Waals surface area contributed by atoms with Crippen molar-refractivity contribution < 1.29 is 17.9 Å². The minimum Gasteiger partial charge on any atom is -0.378 e. The minimum absolute atomic E-state index is 0. The van der Waals surface area contributed by atoms with Crippen molar-refractivity contribution in [2.45, 2.75) is 30.3 Å². The molecule has 0 spiro atoms. The van der Waals surface area contributed by atoms with Gasteiger partial charge in [-0.15, -0.1) is 12.4 Å². The molecule has 1 heterocycles. The molecule has 23 heavy (non-hydrogen) atoms. The van der Waals surface area contributed by atoms with Gasteiger partial charge in [-0.3, -0.25) is 4.79 Å². The number of amides is 1. The summed E-state index contributed by atoms with van der Waals surface area (Å²) in [6.07, 6.45) is 1.54. The van der Waals surface area contributed by atoms with Crippen molar-refractivity contribution in [3.63, 3.8) is 0 Å². The van der Waals surface area contributed by atoms with E-state index in [1.165, 1.54) is 6.26 Å². The van der Waals surface area contributed by atoms with E-state index >= 15 is 0 Å². The molecule has 0 saturated carbocycles. The highest BCUT2D eigenvalue weighted by Crippen LogP contribution is 2.16. The number of halogens is 1. The third kappa shape index (κ3) is 6.10. The van der Waals surface area contributed by atoms with E-state index in [4.69, 9.17) is 4.74 Å². The molecule has 2 unspecified atom stereocenters. The van der Waals surface area contributed by atoms with E-state index < -0.39 is 9.84 Å². The van der Waals surface area contributed by atoms with Crippen molar-refractivity contribution in [3.05, 3.63) is 29.8 Å². The molecule has 1 aliphatic rings. The lowest BCUT2D eigenvalue weighted by Gasteiger charge is -2.24. The molecule has 2 atom stereocenters. The zero-order valence-corrected chi connectivity index (χ0v) is 14.9. The Morgan fingerprint density at radius 2 is 2.04 bits per heavy atom. The zero-order chi connectivity index (χ0) is 16.2. The molecule has 0 bridgehead atoms. The first-order valence-corrected chi connectivity index (χ1v) is 9.16. The lowest BCUT2D eigenvalue weighted by Crippen LogP contribution is -2.44. The average Bonchev–Trinajstić information content (AvgIpc) is 2.47. The summed E-state index contributed by atoms with van der Waals surface area (Å²) in [6, 6.07) is 6.44. The molecule has 1 aromatic carbocycles. The van der Waals surface area contributed by atoms with Crippen LogP contribution in [0.3, 0.4) is 0 Å². The van der Waals surface area contributed by atoms with Gasteiger partial charge in [-0.2, -0.15) is 0 Å². The molecule has 0 aliphatic carbocycles. The third-order valence-corrected chi connectivity index (χ3v) is 4.74. The van der Waals surface area contributed by atoms with Crippen molar-refractivity contribution in [2.24, 2.45) is 0 Å². The number of ether oxygens (including phenoxy) is 1. The number of hydrogen-bond acceptors (Lipinski definition) is 5. The summed E-state index contributed by atoms with van der Waals surface area (Å²) in [6.45, 7) is 3.87. The molecule has 1 aliphatic heterocycles. The van der Waals surface area contributed by atoms with E-state index in [0.717, 1.165) is 12.1 Å². The molecule has 8 heteroatoms. The molecular weight excluding hydrogens is 340 g/mol. The lowest BCUT2D eigenvalue weighted by atomic mass is 10.1. The van der Waals surface area contributed by atoms with Gasteiger partial charge in [0.2, 0.25) is 5.91 Å². The van der Waals surface area contributed by atoms with Crippen LogP contribution in [0.5, 0.6) is 0 Å². The monoisotopic (exact) mass is 362 g/mol. The number of nitrogens with one attached hydrogen (secondary N) is 2. The fourth-order valence-electron chi connectivity index (χ4n) is 2.36. The second-order valence-electron chi connectivity index (χ2n) is 5.56. The van der Waals surface area contributed by atoms with Crippen molar-refractivity contribution in [1.29, 1.82) is 0 Å². The normalized spacial score (nSPS) is 19.5.